The SMILES string of the molecule is O=S(CCCCCOc1ccc(-c2c(O)ccc3c2CCCC=C3)cc1)CCCC(F)(F)F. The van der Waals surface area contributed by atoms with Crippen LogP contribution in [-0.2, 0) is 17.2 Å². The van der Waals surface area contributed by atoms with E-state index in [1.807, 2.05) is 30.3 Å². The zero-order valence-corrected chi connectivity index (χ0v) is 19.5. The Hall–Kier alpha value is -2.28. The molecule has 0 saturated heterocycles. The van der Waals surface area contributed by atoms with Crippen molar-refractivity contribution in [1.82, 2.24) is 0 Å². The lowest BCUT2D eigenvalue weighted by Gasteiger charge is -2.14. The molecule has 2 aromatic rings. The van der Waals surface area contributed by atoms with Gasteiger partial charge in [0, 0.05) is 34.3 Å². The number of aromatic hydroxyl groups is 1. The topological polar surface area (TPSA) is 46.5 Å². The highest BCUT2D eigenvalue weighted by atomic mass is 32.2. The van der Waals surface area contributed by atoms with Crippen molar-refractivity contribution in [2.75, 3.05) is 18.1 Å². The van der Waals surface area contributed by atoms with E-state index in [0.29, 0.717) is 18.8 Å². The average molecular weight is 481 g/mol. The van der Waals surface area contributed by atoms with Gasteiger partial charge in [0.25, 0.3) is 0 Å². The van der Waals surface area contributed by atoms with Crippen molar-refractivity contribution in [1.29, 1.82) is 0 Å². The van der Waals surface area contributed by atoms with Crippen molar-refractivity contribution >= 4 is 16.9 Å². The van der Waals surface area contributed by atoms with Gasteiger partial charge in [0.2, 0.25) is 0 Å². The molecule has 0 amide bonds. The zero-order valence-electron chi connectivity index (χ0n) is 18.7. The van der Waals surface area contributed by atoms with Crippen molar-refractivity contribution < 1.29 is 27.2 Å². The summed E-state index contributed by atoms with van der Waals surface area (Å²) in [5.41, 5.74) is 4.17. The molecule has 0 fully saturated rings. The number of unbranched alkanes of at least 4 members (excludes halogenated alkanes) is 2. The maximum atomic E-state index is 12.1. The van der Waals surface area contributed by atoms with Crippen LogP contribution in [-0.4, -0.2) is 33.6 Å². The van der Waals surface area contributed by atoms with E-state index < -0.39 is 23.4 Å². The number of benzene rings is 2. The minimum absolute atomic E-state index is 0.0739. The molecule has 1 aliphatic rings. The molecule has 180 valence electrons. The number of alkyl halides is 3. The van der Waals surface area contributed by atoms with Crippen LogP contribution in [0.25, 0.3) is 17.2 Å². The second-order valence-corrected chi connectivity index (χ2v) is 10.0. The summed E-state index contributed by atoms with van der Waals surface area (Å²) in [4.78, 5) is 0. The number of phenolic OH excluding ortho intramolecular Hbond substituents is 1. The third-order valence-corrected chi connectivity index (χ3v) is 7.17. The van der Waals surface area contributed by atoms with Crippen molar-refractivity contribution in [3.05, 3.63) is 53.6 Å². The monoisotopic (exact) mass is 480 g/mol. The summed E-state index contributed by atoms with van der Waals surface area (Å²) >= 11 is 0. The van der Waals surface area contributed by atoms with Crippen LogP contribution >= 0.6 is 0 Å². The normalized spacial score (nSPS) is 14.5. The summed E-state index contributed by atoms with van der Waals surface area (Å²) in [6.45, 7) is 0.525. The molecule has 0 aromatic heterocycles. The van der Waals surface area contributed by atoms with E-state index in [-0.39, 0.29) is 17.9 Å². The van der Waals surface area contributed by atoms with Gasteiger partial charge in [-0.25, -0.2) is 0 Å². The largest absolute Gasteiger partial charge is 0.507 e. The number of allylic oxidation sites excluding steroid dienone is 1. The second kappa shape index (κ2) is 12.3. The fourth-order valence-corrected chi connectivity index (χ4v) is 5.19. The van der Waals surface area contributed by atoms with Crippen LogP contribution in [0.15, 0.2) is 42.5 Å². The average Bonchev–Trinajstić information content (AvgIpc) is 3.01. The third-order valence-electron chi connectivity index (χ3n) is 5.68. The predicted molar refractivity (Wildman–Crippen MR) is 128 cm³/mol. The molecule has 0 spiro atoms. The van der Waals surface area contributed by atoms with Crippen LogP contribution in [0.5, 0.6) is 11.5 Å². The van der Waals surface area contributed by atoms with Crippen LogP contribution < -0.4 is 4.74 Å². The summed E-state index contributed by atoms with van der Waals surface area (Å²) < 4.78 is 53.9. The van der Waals surface area contributed by atoms with Gasteiger partial charge < -0.3 is 9.84 Å². The first-order valence-electron chi connectivity index (χ1n) is 11.5. The first-order chi connectivity index (χ1) is 15.8. The summed E-state index contributed by atoms with van der Waals surface area (Å²) in [5.74, 6) is 1.58. The fraction of sp³-hybridized carbons (Fsp3) is 0.462. The van der Waals surface area contributed by atoms with Gasteiger partial charge in [0.1, 0.15) is 11.5 Å². The van der Waals surface area contributed by atoms with Gasteiger partial charge in [-0.3, -0.25) is 4.21 Å². The van der Waals surface area contributed by atoms with Crippen LogP contribution in [0.2, 0.25) is 0 Å². The van der Waals surface area contributed by atoms with Gasteiger partial charge in [-0.2, -0.15) is 13.2 Å². The molecule has 0 bridgehead atoms. The molecule has 2 aromatic carbocycles. The van der Waals surface area contributed by atoms with Gasteiger partial charge >= 0.3 is 6.18 Å². The molecule has 7 heteroatoms. The molecule has 0 heterocycles. The third kappa shape index (κ3) is 8.22. The Bertz CT molecular complexity index is 952. The Labute approximate surface area is 196 Å². The van der Waals surface area contributed by atoms with E-state index in [1.54, 1.807) is 6.07 Å². The van der Waals surface area contributed by atoms with E-state index in [9.17, 15) is 22.5 Å². The highest BCUT2D eigenvalue weighted by Crippen LogP contribution is 2.37. The molecule has 1 N–H and O–H groups in total. The van der Waals surface area contributed by atoms with E-state index in [2.05, 4.69) is 12.2 Å². The quantitative estimate of drug-likeness (QED) is 0.351. The van der Waals surface area contributed by atoms with Gasteiger partial charge in [0.05, 0.1) is 6.61 Å². The van der Waals surface area contributed by atoms with Crippen molar-refractivity contribution in [3.63, 3.8) is 0 Å². The summed E-state index contributed by atoms with van der Waals surface area (Å²) in [5, 5.41) is 10.5. The maximum Gasteiger partial charge on any atom is 0.389 e. The van der Waals surface area contributed by atoms with Gasteiger partial charge in [-0.15, -0.1) is 0 Å². The Morgan fingerprint density at radius 2 is 1.73 bits per heavy atom. The van der Waals surface area contributed by atoms with Gasteiger partial charge in [-0.1, -0.05) is 30.4 Å². The van der Waals surface area contributed by atoms with Gasteiger partial charge in [-0.05, 0) is 79.8 Å². The molecule has 3 nitrogen and oxygen atoms in total. The zero-order chi connectivity index (χ0) is 23.7. The van der Waals surface area contributed by atoms with Crippen LogP contribution in [0.4, 0.5) is 13.2 Å². The minimum atomic E-state index is -4.17. The number of hydrogen-bond acceptors (Lipinski definition) is 3. The highest BCUT2D eigenvalue weighted by Gasteiger charge is 2.26. The number of halogens is 3. The Kier molecular flexibility index (Phi) is 9.41. The van der Waals surface area contributed by atoms with E-state index in [0.717, 1.165) is 54.5 Å². The smallest absolute Gasteiger partial charge is 0.389 e. The lowest BCUT2D eigenvalue weighted by molar-refractivity contribution is -0.134. The van der Waals surface area contributed by atoms with Crippen molar-refractivity contribution in [3.8, 4) is 22.6 Å². The highest BCUT2D eigenvalue weighted by molar-refractivity contribution is 7.84. The van der Waals surface area contributed by atoms with Gasteiger partial charge in [0.15, 0.2) is 0 Å². The molecule has 3 rings (SSSR count). The van der Waals surface area contributed by atoms with E-state index >= 15 is 0 Å². The first kappa shape index (κ1) is 25.3. The lowest BCUT2D eigenvalue weighted by Crippen LogP contribution is -2.10. The Balaban J connectivity index is 1.42. The predicted octanol–water partition coefficient (Wildman–Crippen LogP) is 7.05. The molecule has 1 aliphatic carbocycles. The molecule has 0 saturated carbocycles. The molecular formula is C26H31F3O3S. The second-order valence-electron chi connectivity index (χ2n) is 8.32. The number of rotatable bonds is 11. The van der Waals surface area contributed by atoms with Crippen molar-refractivity contribution in [2.45, 2.75) is 57.5 Å². The standard InChI is InChI=1S/C26H31F3O3S/c27-26(28,29)16-7-19-33(31)18-6-2-5-17-32-22-13-10-21(11-14-22)25-23-9-4-1-3-8-20(23)12-15-24(25)30/h3,8,10-15,30H,1-2,4-7,9,16-19H2. The van der Waals surface area contributed by atoms with Crippen molar-refractivity contribution in [2.24, 2.45) is 0 Å². The number of ether oxygens (including phenoxy) is 1. The molecule has 1 atom stereocenters. The summed E-state index contributed by atoms with van der Waals surface area (Å²) in [6, 6.07) is 11.4. The minimum Gasteiger partial charge on any atom is -0.507 e. The molecular weight excluding hydrogens is 449 g/mol. The molecule has 33 heavy (non-hydrogen) atoms. The fourth-order valence-electron chi connectivity index (χ4n) is 3.99. The number of phenols is 1. The number of fused-ring (bicyclic) bond motifs is 1. The Morgan fingerprint density at radius 1 is 0.970 bits per heavy atom. The Morgan fingerprint density at radius 3 is 2.48 bits per heavy atom. The molecule has 1 unspecified atom stereocenters. The lowest BCUT2D eigenvalue weighted by atomic mass is 9.92. The summed E-state index contributed by atoms with van der Waals surface area (Å²) in [7, 11) is -1.19. The van der Waals surface area contributed by atoms with E-state index in [1.165, 1.54) is 5.56 Å². The first-order valence-corrected chi connectivity index (χ1v) is 13.0. The molecule has 0 aliphatic heterocycles. The summed E-state index contributed by atoms with van der Waals surface area (Å²) in [6.07, 6.45) is 4.54. The van der Waals surface area contributed by atoms with Crippen LogP contribution in [0, 0.1) is 0 Å². The van der Waals surface area contributed by atoms with Crippen LogP contribution in [0.3, 0.4) is 0 Å². The molecule has 0 radical (unpaired) electrons. The van der Waals surface area contributed by atoms with Crippen LogP contribution in [0.1, 0.15) is 56.1 Å². The van der Waals surface area contributed by atoms with E-state index in [4.69, 9.17) is 4.74 Å². The maximum absolute atomic E-state index is 12.1. The number of hydrogen-bond donors (Lipinski definition) is 1.